The Bertz CT molecular complexity index is 612. The van der Waals surface area contributed by atoms with Crippen LogP contribution in [0.25, 0.3) is 11.0 Å². The molecule has 0 saturated carbocycles. The van der Waals surface area contributed by atoms with Crippen molar-refractivity contribution in [3.8, 4) is 0 Å². The summed E-state index contributed by atoms with van der Waals surface area (Å²) in [4.78, 5) is 4.91. The van der Waals surface area contributed by atoms with Crippen LogP contribution in [0, 0.1) is 0 Å². The third kappa shape index (κ3) is 2.83. The maximum absolute atomic E-state index is 9.40. The number of aliphatic hydroxyl groups excluding tert-OH is 1. The lowest BCUT2D eigenvalue weighted by Gasteiger charge is -2.23. The molecule has 1 aromatic carbocycles. The van der Waals surface area contributed by atoms with Crippen LogP contribution in [0.2, 0.25) is 0 Å². The monoisotopic (exact) mass is 287 g/mol. The molecule has 1 fully saturated rings. The minimum absolute atomic E-state index is 0.157. The van der Waals surface area contributed by atoms with Crippen LogP contribution in [0.3, 0.4) is 0 Å². The van der Waals surface area contributed by atoms with Crippen LogP contribution in [0.5, 0.6) is 0 Å². The molecule has 2 heterocycles. The zero-order valence-corrected chi connectivity index (χ0v) is 13.0. The molecule has 4 nitrogen and oxygen atoms in total. The van der Waals surface area contributed by atoms with E-state index in [1.807, 2.05) is 0 Å². The van der Waals surface area contributed by atoms with Crippen LogP contribution in [0.1, 0.15) is 49.9 Å². The Morgan fingerprint density at radius 1 is 1.43 bits per heavy atom. The average Bonchev–Trinajstić information content (AvgIpc) is 2.86. The van der Waals surface area contributed by atoms with E-state index >= 15 is 0 Å². The van der Waals surface area contributed by atoms with Gasteiger partial charge in [0.2, 0.25) is 0 Å². The predicted molar refractivity (Wildman–Crippen MR) is 85.8 cm³/mol. The summed E-state index contributed by atoms with van der Waals surface area (Å²) in [5, 5.41) is 12.9. The number of aliphatic hydroxyl groups is 1. The van der Waals surface area contributed by atoms with E-state index in [4.69, 9.17) is 4.98 Å². The normalized spacial score (nSPS) is 19.5. The Morgan fingerprint density at radius 3 is 2.95 bits per heavy atom. The summed E-state index contributed by atoms with van der Waals surface area (Å²) >= 11 is 0. The molecule has 114 valence electrons. The molecule has 0 aliphatic carbocycles. The molecule has 1 atom stereocenters. The number of rotatable bonds is 4. The molecular formula is C17H25N3O. The Hall–Kier alpha value is -1.39. The minimum Gasteiger partial charge on any atom is -0.395 e. The highest BCUT2D eigenvalue weighted by Gasteiger charge is 2.22. The summed E-state index contributed by atoms with van der Waals surface area (Å²) in [6, 6.07) is 6.55. The van der Waals surface area contributed by atoms with Gasteiger partial charge in [0, 0.05) is 19.0 Å². The lowest BCUT2D eigenvalue weighted by molar-refractivity contribution is 0.273. The number of nitrogens with one attached hydrogen (secondary N) is 1. The van der Waals surface area contributed by atoms with Gasteiger partial charge in [0.1, 0.15) is 5.82 Å². The molecule has 0 bridgehead atoms. The molecule has 0 spiro atoms. The highest BCUT2D eigenvalue weighted by atomic mass is 16.3. The topological polar surface area (TPSA) is 50.1 Å². The number of hydrogen-bond donors (Lipinski definition) is 2. The lowest BCUT2D eigenvalue weighted by atomic mass is 9.99. The van der Waals surface area contributed by atoms with Crippen molar-refractivity contribution >= 4 is 11.0 Å². The van der Waals surface area contributed by atoms with Crippen molar-refractivity contribution in [3.63, 3.8) is 0 Å². The maximum Gasteiger partial charge on any atom is 0.114 e. The summed E-state index contributed by atoms with van der Waals surface area (Å²) < 4.78 is 2.21. The van der Waals surface area contributed by atoms with E-state index in [9.17, 15) is 5.11 Å². The highest BCUT2D eigenvalue weighted by Crippen LogP contribution is 2.28. The van der Waals surface area contributed by atoms with E-state index in [-0.39, 0.29) is 6.61 Å². The van der Waals surface area contributed by atoms with E-state index in [1.165, 1.54) is 18.4 Å². The smallest absolute Gasteiger partial charge is 0.114 e. The van der Waals surface area contributed by atoms with Gasteiger partial charge >= 0.3 is 0 Å². The van der Waals surface area contributed by atoms with E-state index < -0.39 is 0 Å². The van der Waals surface area contributed by atoms with Crippen LogP contribution in [-0.2, 0) is 6.54 Å². The molecular weight excluding hydrogens is 262 g/mol. The Balaban J connectivity index is 2.06. The van der Waals surface area contributed by atoms with Gasteiger partial charge in [0.05, 0.1) is 17.6 Å². The first-order valence-electron chi connectivity index (χ1n) is 8.02. The van der Waals surface area contributed by atoms with Crippen molar-refractivity contribution < 1.29 is 5.11 Å². The van der Waals surface area contributed by atoms with Crippen LogP contribution < -0.4 is 5.32 Å². The number of piperidine rings is 1. The average molecular weight is 287 g/mol. The predicted octanol–water partition coefficient (Wildman–Crippen LogP) is 2.62. The third-order valence-electron chi connectivity index (χ3n) is 4.45. The maximum atomic E-state index is 9.40. The van der Waals surface area contributed by atoms with Crippen molar-refractivity contribution in [1.82, 2.24) is 14.9 Å². The van der Waals surface area contributed by atoms with Crippen molar-refractivity contribution in [3.05, 3.63) is 29.6 Å². The zero-order valence-electron chi connectivity index (χ0n) is 13.0. The molecule has 0 radical (unpaired) electrons. The second-order valence-corrected chi connectivity index (χ2v) is 6.29. The summed E-state index contributed by atoms with van der Waals surface area (Å²) in [5.41, 5.74) is 3.54. The molecule has 0 amide bonds. The molecule has 1 aliphatic heterocycles. The molecule has 4 heteroatoms. The van der Waals surface area contributed by atoms with E-state index in [0.29, 0.717) is 18.4 Å². The highest BCUT2D eigenvalue weighted by molar-refractivity contribution is 5.77. The number of benzene rings is 1. The summed E-state index contributed by atoms with van der Waals surface area (Å²) in [7, 11) is 0. The van der Waals surface area contributed by atoms with E-state index in [2.05, 4.69) is 41.9 Å². The minimum atomic E-state index is 0.157. The molecule has 2 aromatic rings. The fourth-order valence-corrected chi connectivity index (χ4v) is 3.24. The number of nitrogens with zero attached hydrogens (tertiary/aromatic N) is 2. The van der Waals surface area contributed by atoms with Crippen LogP contribution >= 0.6 is 0 Å². The number of aromatic nitrogens is 2. The second-order valence-electron chi connectivity index (χ2n) is 6.29. The van der Waals surface area contributed by atoms with Gasteiger partial charge in [-0.3, -0.25) is 0 Å². The lowest BCUT2D eigenvalue weighted by Crippen LogP contribution is -2.30. The Labute approximate surface area is 126 Å². The third-order valence-corrected chi connectivity index (χ3v) is 4.45. The molecule has 3 rings (SSSR count). The quantitative estimate of drug-likeness (QED) is 0.909. The Morgan fingerprint density at radius 2 is 2.29 bits per heavy atom. The van der Waals surface area contributed by atoms with Gasteiger partial charge in [-0.15, -0.1) is 0 Å². The van der Waals surface area contributed by atoms with Gasteiger partial charge in [-0.25, -0.2) is 4.98 Å². The molecule has 1 aromatic heterocycles. The summed E-state index contributed by atoms with van der Waals surface area (Å²) in [6.45, 7) is 7.30. The van der Waals surface area contributed by atoms with Crippen molar-refractivity contribution in [2.75, 3.05) is 19.7 Å². The first-order valence-corrected chi connectivity index (χ1v) is 8.02. The number of hydrogen-bond acceptors (Lipinski definition) is 3. The molecule has 1 unspecified atom stereocenters. The summed E-state index contributed by atoms with van der Waals surface area (Å²) in [6.07, 6.45) is 2.38. The van der Waals surface area contributed by atoms with Gasteiger partial charge in [-0.05, 0) is 43.0 Å². The number of imidazole rings is 1. The molecule has 1 aliphatic rings. The van der Waals surface area contributed by atoms with Crippen molar-refractivity contribution in [1.29, 1.82) is 0 Å². The molecule has 1 saturated heterocycles. The molecule has 2 N–H and O–H groups in total. The van der Waals surface area contributed by atoms with E-state index in [1.54, 1.807) is 0 Å². The number of fused-ring (bicyclic) bond motifs is 1. The Kier molecular flexibility index (Phi) is 4.27. The second kappa shape index (κ2) is 6.16. The van der Waals surface area contributed by atoms with Gasteiger partial charge in [-0.2, -0.15) is 0 Å². The molecule has 21 heavy (non-hydrogen) atoms. The summed E-state index contributed by atoms with van der Waals surface area (Å²) in [5.74, 6) is 2.10. The van der Waals surface area contributed by atoms with Crippen LogP contribution in [0.4, 0.5) is 0 Å². The first kappa shape index (κ1) is 14.5. The van der Waals surface area contributed by atoms with Gasteiger partial charge in [0.25, 0.3) is 0 Å². The van der Waals surface area contributed by atoms with Crippen LogP contribution in [0.15, 0.2) is 18.2 Å². The van der Waals surface area contributed by atoms with Gasteiger partial charge < -0.3 is 15.0 Å². The van der Waals surface area contributed by atoms with E-state index in [0.717, 1.165) is 29.9 Å². The van der Waals surface area contributed by atoms with Gasteiger partial charge in [-0.1, -0.05) is 19.9 Å². The van der Waals surface area contributed by atoms with Crippen molar-refractivity contribution in [2.45, 2.75) is 45.1 Å². The fraction of sp³-hybridized carbons (Fsp3) is 0.588. The standard InChI is InChI=1S/C17H25N3O/c1-12(2)13-5-6-16-15(10-13)19-17(20(16)8-9-21)14-4-3-7-18-11-14/h5-6,10,12,14,18,21H,3-4,7-9,11H2,1-2H3. The fourth-order valence-electron chi connectivity index (χ4n) is 3.24. The zero-order chi connectivity index (χ0) is 14.8. The largest absolute Gasteiger partial charge is 0.395 e. The van der Waals surface area contributed by atoms with Crippen LogP contribution in [-0.4, -0.2) is 34.4 Å². The first-order chi connectivity index (χ1) is 10.2. The van der Waals surface area contributed by atoms with Gasteiger partial charge in [0.15, 0.2) is 0 Å². The SMILES string of the molecule is CC(C)c1ccc2c(c1)nc(C1CCCNC1)n2CCO. The van der Waals surface area contributed by atoms with Crippen molar-refractivity contribution in [2.24, 2.45) is 0 Å².